The lowest BCUT2D eigenvalue weighted by Crippen LogP contribution is -2.51. The quantitative estimate of drug-likeness (QED) is 0.815. The lowest BCUT2D eigenvalue weighted by atomic mass is 10.2. The zero-order valence-electron chi connectivity index (χ0n) is 12.1. The summed E-state index contributed by atoms with van der Waals surface area (Å²) in [6.07, 6.45) is 2.93. The van der Waals surface area contributed by atoms with E-state index in [9.17, 15) is 9.59 Å². The number of nitrogens with zero attached hydrogens (tertiary/aromatic N) is 5. The highest BCUT2D eigenvalue weighted by Crippen LogP contribution is 2.09. The van der Waals surface area contributed by atoms with Crippen LogP contribution in [0.3, 0.4) is 0 Å². The Balaban J connectivity index is 1.54. The summed E-state index contributed by atoms with van der Waals surface area (Å²) in [6.45, 7) is 2.39. The predicted octanol–water partition coefficient (Wildman–Crippen LogP) is 0.263. The number of benzene rings is 1. The zero-order valence-corrected chi connectivity index (χ0v) is 12.1. The molecule has 1 aliphatic rings. The van der Waals surface area contributed by atoms with Gasteiger partial charge in [-0.15, -0.1) is 0 Å². The Bertz CT molecular complexity index is 633. The standard InChI is InChI=1S/C15H17N5O2/c21-14(10-20-12-16-11-17-20)18-6-8-19(9-7-18)15(22)13-4-2-1-3-5-13/h1-5,11-12H,6-10H2. The largest absolute Gasteiger partial charge is 0.338 e. The number of amides is 2. The molecule has 0 N–H and O–H groups in total. The summed E-state index contributed by atoms with van der Waals surface area (Å²) >= 11 is 0. The number of aromatic nitrogens is 3. The van der Waals surface area contributed by atoms with Gasteiger partial charge in [-0.1, -0.05) is 18.2 Å². The molecule has 1 saturated heterocycles. The SMILES string of the molecule is O=C(Cn1cncn1)N1CCN(C(=O)c2ccccc2)CC1. The molecule has 1 aromatic carbocycles. The Kier molecular flexibility index (Phi) is 4.13. The molecule has 0 saturated carbocycles. The molecule has 22 heavy (non-hydrogen) atoms. The van der Waals surface area contributed by atoms with Crippen LogP contribution < -0.4 is 0 Å². The Morgan fingerprint density at radius 3 is 2.32 bits per heavy atom. The van der Waals surface area contributed by atoms with Crippen molar-refractivity contribution in [3.63, 3.8) is 0 Å². The molecule has 0 radical (unpaired) electrons. The van der Waals surface area contributed by atoms with Gasteiger partial charge in [0.05, 0.1) is 0 Å². The molecule has 114 valence electrons. The van der Waals surface area contributed by atoms with E-state index >= 15 is 0 Å². The van der Waals surface area contributed by atoms with E-state index in [1.165, 1.54) is 17.3 Å². The topological polar surface area (TPSA) is 71.3 Å². The maximum atomic E-state index is 12.3. The van der Waals surface area contributed by atoms with Crippen molar-refractivity contribution in [2.75, 3.05) is 26.2 Å². The van der Waals surface area contributed by atoms with Crippen LogP contribution in [-0.4, -0.2) is 62.6 Å². The fourth-order valence-corrected chi connectivity index (χ4v) is 2.48. The first kappa shape index (κ1) is 14.2. The van der Waals surface area contributed by atoms with Gasteiger partial charge in [0.25, 0.3) is 5.91 Å². The van der Waals surface area contributed by atoms with Gasteiger partial charge >= 0.3 is 0 Å². The van der Waals surface area contributed by atoms with Crippen molar-refractivity contribution in [3.8, 4) is 0 Å². The fourth-order valence-electron chi connectivity index (χ4n) is 2.48. The van der Waals surface area contributed by atoms with Crippen LogP contribution in [-0.2, 0) is 11.3 Å². The van der Waals surface area contributed by atoms with Crippen molar-refractivity contribution in [1.82, 2.24) is 24.6 Å². The van der Waals surface area contributed by atoms with Crippen LogP contribution in [0.4, 0.5) is 0 Å². The smallest absolute Gasteiger partial charge is 0.253 e. The number of carbonyl (C=O) groups excluding carboxylic acids is 2. The molecule has 2 heterocycles. The average Bonchev–Trinajstić information content (AvgIpc) is 3.08. The van der Waals surface area contributed by atoms with Crippen molar-refractivity contribution in [2.24, 2.45) is 0 Å². The fraction of sp³-hybridized carbons (Fsp3) is 0.333. The second kappa shape index (κ2) is 6.38. The number of hydrogen-bond acceptors (Lipinski definition) is 4. The van der Waals surface area contributed by atoms with E-state index in [4.69, 9.17) is 0 Å². The van der Waals surface area contributed by atoms with E-state index in [0.29, 0.717) is 31.7 Å². The zero-order chi connectivity index (χ0) is 15.4. The predicted molar refractivity (Wildman–Crippen MR) is 78.9 cm³/mol. The van der Waals surface area contributed by atoms with Gasteiger partial charge in [-0.25, -0.2) is 9.67 Å². The third-order valence-corrected chi connectivity index (χ3v) is 3.70. The van der Waals surface area contributed by atoms with Crippen LogP contribution in [0.1, 0.15) is 10.4 Å². The molecule has 1 aromatic heterocycles. The molecule has 0 unspecified atom stereocenters. The molecule has 7 heteroatoms. The third-order valence-electron chi connectivity index (χ3n) is 3.70. The minimum atomic E-state index is -0.00249. The van der Waals surface area contributed by atoms with Crippen molar-refractivity contribution >= 4 is 11.8 Å². The van der Waals surface area contributed by atoms with E-state index in [0.717, 1.165) is 0 Å². The van der Waals surface area contributed by atoms with Crippen LogP contribution in [0.2, 0.25) is 0 Å². The highest BCUT2D eigenvalue weighted by atomic mass is 16.2. The molecule has 2 aromatic rings. The molecule has 2 amide bonds. The Hall–Kier alpha value is -2.70. The van der Waals surface area contributed by atoms with Gasteiger partial charge in [-0.3, -0.25) is 9.59 Å². The molecule has 3 rings (SSSR count). The van der Waals surface area contributed by atoms with Crippen LogP contribution in [0.15, 0.2) is 43.0 Å². The van der Waals surface area contributed by atoms with Gasteiger partial charge in [0.1, 0.15) is 19.2 Å². The summed E-state index contributed by atoms with van der Waals surface area (Å²) < 4.78 is 1.50. The van der Waals surface area contributed by atoms with E-state index in [-0.39, 0.29) is 18.4 Å². The molecule has 0 aliphatic carbocycles. The Morgan fingerprint density at radius 1 is 1.00 bits per heavy atom. The normalized spacial score (nSPS) is 14.9. The first-order valence-electron chi connectivity index (χ1n) is 7.18. The molecule has 0 atom stereocenters. The van der Waals surface area contributed by atoms with Gasteiger partial charge in [-0.2, -0.15) is 5.10 Å². The third kappa shape index (κ3) is 3.13. The highest BCUT2D eigenvalue weighted by Gasteiger charge is 2.24. The summed E-state index contributed by atoms with van der Waals surface area (Å²) in [5.41, 5.74) is 0.685. The molecule has 1 fully saturated rings. The van der Waals surface area contributed by atoms with E-state index in [1.807, 2.05) is 30.3 Å². The molecular weight excluding hydrogens is 282 g/mol. The van der Waals surface area contributed by atoms with Crippen LogP contribution in [0.5, 0.6) is 0 Å². The Morgan fingerprint density at radius 2 is 1.68 bits per heavy atom. The number of piperazine rings is 1. The van der Waals surface area contributed by atoms with Crippen molar-refractivity contribution in [1.29, 1.82) is 0 Å². The first-order valence-corrected chi connectivity index (χ1v) is 7.18. The molecule has 1 aliphatic heterocycles. The second-order valence-electron chi connectivity index (χ2n) is 5.13. The summed E-state index contributed by atoms with van der Waals surface area (Å²) in [6, 6.07) is 9.21. The van der Waals surface area contributed by atoms with Crippen molar-refractivity contribution in [2.45, 2.75) is 6.54 Å². The maximum absolute atomic E-state index is 12.3. The molecular formula is C15H17N5O2. The number of hydrogen-bond donors (Lipinski definition) is 0. The van der Waals surface area contributed by atoms with Gasteiger partial charge in [-0.05, 0) is 12.1 Å². The average molecular weight is 299 g/mol. The van der Waals surface area contributed by atoms with Crippen molar-refractivity contribution < 1.29 is 9.59 Å². The monoisotopic (exact) mass is 299 g/mol. The highest BCUT2D eigenvalue weighted by molar-refractivity contribution is 5.94. The summed E-state index contributed by atoms with van der Waals surface area (Å²) in [4.78, 5) is 31.8. The van der Waals surface area contributed by atoms with E-state index in [1.54, 1.807) is 9.80 Å². The Labute approximate surface area is 128 Å². The number of rotatable bonds is 3. The molecule has 7 nitrogen and oxygen atoms in total. The lowest BCUT2D eigenvalue weighted by molar-refractivity contribution is -0.133. The van der Waals surface area contributed by atoms with E-state index < -0.39 is 0 Å². The van der Waals surface area contributed by atoms with Crippen LogP contribution in [0.25, 0.3) is 0 Å². The van der Waals surface area contributed by atoms with Gasteiger partial charge in [0.2, 0.25) is 5.91 Å². The van der Waals surface area contributed by atoms with Crippen LogP contribution >= 0.6 is 0 Å². The summed E-state index contributed by atoms with van der Waals surface area (Å²) in [7, 11) is 0. The second-order valence-corrected chi connectivity index (χ2v) is 5.13. The number of carbonyl (C=O) groups is 2. The van der Waals surface area contributed by atoms with Crippen molar-refractivity contribution in [3.05, 3.63) is 48.5 Å². The van der Waals surface area contributed by atoms with Gasteiger partial charge < -0.3 is 9.80 Å². The van der Waals surface area contributed by atoms with E-state index in [2.05, 4.69) is 10.1 Å². The lowest BCUT2D eigenvalue weighted by Gasteiger charge is -2.34. The summed E-state index contributed by atoms with van der Waals surface area (Å²) in [5.74, 6) is 0.0151. The maximum Gasteiger partial charge on any atom is 0.253 e. The molecule has 0 spiro atoms. The minimum absolute atomic E-state index is 0.00249. The minimum Gasteiger partial charge on any atom is -0.338 e. The summed E-state index contributed by atoms with van der Waals surface area (Å²) in [5, 5.41) is 3.93. The van der Waals surface area contributed by atoms with Crippen LogP contribution in [0, 0.1) is 0 Å². The van der Waals surface area contributed by atoms with Gasteiger partial charge in [0, 0.05) is 31.7 Å². The first-order chi connectivity index (χ1) is 10.7. The molecule has 0 bridgehead atoms. The van der Waals surface area contributed by atoms with Gasteiger partial charge in [0.15, 0.2) is 0 Å².